The predicted molar refractivity (Wildman–Crippen MR) is 79.3 cm³/mol. The van der Waals surface area contributed by atoms with Gasteiger partial charge >= 0.3 is 5.97 Å². The fraction of sp³-hybridized carbons (Fsp3) is 0.533. The molecule has 0 aliphatic carbocycles. The van der Waals surface area contributed by atoms with Gasteiger partial charge in [0.2, 0.25) is 0 Å². The van der Waals surface area contributed by atoms with Gasteiger partial charge in [0.05, 0.1) is 10.5 Å². The third kappa shape index (κ3) is 2.82. The van der Waals surface area contributed by atoms with Crippen LogP contribution in [0.15, 0.2) is 24.3 Å². The second kappa shape index (κ2) is 5.33. The highest BCUT2D eigenvalue weighted by atomic mass is 16.6. The van der Waals surface area contributed by atoms with Crippen molar-refractivity contribution in [2.75, 3.05) is 0 Å². The van der Waals surface area contributed by atoms with E-state index in [-0.39, 0.29) is 16.5 Å². The first-order chi connectivity index (χ1) is 10.1. The summed E-state index contributed by atoms with van der Waals surface area (Å²) in [6, 6.07) is 5.31. The van der Waals surface area contributed by atoms with E-state index in [4.69, 9.17) is 4.74 Å². The van der Waals surface area contributed by atoms with Crippen molar-refractivity contribution in [1.29, 1.82) is 0 Å². The second-order valence-corrected chi connectivity index (χ2v) is 6.86. The van der Waals surface area contributed by atoms with E-state index in [1.165, 1.54) is 24.3 Å². The number of hydrogen-bond acceptors (Lipinski definition) is 5. The minimum absolute atomic E-state index is 0.0469. The molecule has 1 saturated heterocycles. The molecule has 1 aliphatic rings. The van der Waals surface area contributed by atoms with Crippen molar-refractivity contribution in [2.45, 2.75) is 45.2 Å². The van der Waals surface area contributed by atoms with Crippen molar-refractivity contribution >= 4 is 11.7 Å². The molecular weight excluding hydrogens is 288 g/mol. The molecule has 22 heavy (non-hydrogen) atoms. The molecule has 1 aromatic rings. The Hall–Kier alpha value is -1.99. The van der Waals surface area contributed by atoms with Gasteiger partial charge in [0.15, 0.2) is 0 Å². The van der Waals surface area contributed by atoms with E-state index >= 15 is 0 Å². The van der Waals surface area contributed by atoms with Crippen LogP contribution in [-0.2, 0) is 4.79 Å². The summed E-state index contributed by atoms with van der Waals surface area (Å²) in [4.78, 5) is 22.4. The Bertz CT molecular complexity index is 594. The first kappa shape index (κ1) is 16.4. The lowest BCUT2D eigenvalue weighted by molar-refractivity contribution is -0.933. The topological polar surface area (TPSA) is 96.9 Å². The van der Waals surface area contributed by atoms with Gasteiger partial charge in [-0.1, -0.05) is 0 Å². The summed E-state index contributed by atoms with van der Waals surface area (Å²) in [5.74, 6) is -0.758. The van der Waals surface area contributed by atoms with Crippen LogP contribution in [0.1, 0.15) is 34.1 Å². The summed E-state index contributed by atoms with van der Waals surface area (Å²) in [5, 5.41) is 23.0. The molecule has 0 saturated carbocycles. The standard InChI is InChI=1S/C15H20N2O5/c1-14(2)9-12(15(3,4)17(14)21)13(18)22-11-7-5-10(6-8-11)16(19)20/h5-8,12,17H,9H2,1-4H3. The third-order valence-corrected chi connectivity index (χ3v) is 4.34. The first-order valence-corrected chi connectivity index (χ1v) is 7.07. The van der Waals surface area contributed by atoms with Crippen LogP contribution in [0.3, 0.4) is 0 Å². The number of nitrogens with one attached hydrogen (secondary N) is 1. The van der Waals surface area contributed by atoms with Crippen molar-refractivity contribution in [3.63, 3.8) is 0 Å². The maximum atomic E-state index is 12.4. The SMILES string of the molecule is CC1(C)CC(C(=O)Oc2ccc([N+](=O)[O-])cc2)C(C)(C)[NH+]1[O-]. The van der Waals surface area contributed by atoms with Crippen LogP contribution in [0.5, 0.6) is 5.75 Å². The average Bonchev–Trinajstić information content (AvgIpc) is 2.59. The van der Waals surface area contributed by atoms with Gasteiger partial charge in [0.1, 0.15) is 17.2 Å². The summed E-state index contributed by atoms with van der Waals surface area (Å²) in [6.45, 7) is 7.17. The number of benzene rings is 1. The van der Waals surface area contributed by atoms with Crippen molar-refractivity contribution in [1.82, 2.24) is 0 Å². The molecule has 0 radical (unpaired) electrons. The predicted octanol–water partition coefficient (Wildman–Crippen LogP) is 1.46. The summed E-state index contributed by atoms with van der Waals surface area (Å²) in [5.41, 5.74) is -1.40. The highest BCUT2D eigenvalue weighted by molar-refractivity contribution is 5.76. The molecule has 1 aliphatic heterocycles. The molecule has 120 valence electrons. The number of carbonyl (C=O) groups is 1. The van der Waals surface area contributed by atoms with Gasteiger partial charge in [-0.2, -0.15) is 0 Å². The van der Waals surface area contributed by atoms with Crippen molar-refractivity contribution in [2.24, 2.45) is 5.92 Å². The van der Waals surface area contributed by atoms with Crippen LogP contribution >= 0.6 is 0 Å². The maximum Gasteiger partial charge on any atom is 0.320 e. The first-order valence-electron chi connectivity index (χ1n) is 7.07. The number of non-ortho nitro benzene ring substituents is 1. The van der Waals surface area contributed by atoms with E-state index in [0.29, 0.717) is 6.42 Å². The summed E-state index contributed by atoms with van der Waals surface area (Å²) in [7, 11) is 0. The molecule has 1 heterocycles. The van der Waals surface area contributed by atoms with E-state index in [1.807, 2.05) is 13.8 Å². The van der Waals surface area contributed by atoms with Gasteiger partial charge in [-0.3, -0.25) is 14.9 Å². The average molecular weight is 308 g/mol. The molecule has 1 fully saturated rings. The van der Waals surface area contributed by atoms with E-state index in [0.717, 1.165) is 0 Å². The normalized spacial score (nSPS) is 25.7. The van der Waals surface area contributed by atoms with Gasteiger partial charge in [-0.05, 0) is 39.8 Å². The van der Waals surface area contributed by atoms with Crippen molar-refractivity contribution in [3.05, 3.63) is 39.6 Å². The zero-order chi connectivity index (χ0) is 16.7. The lowest BCUT2D eigenvalue weighted by Crippen LogP contribution is -3.19. The van der Waals surface area contributed by atoms with Crippen LogP contribution in [0.4, 0.5) is 5.69 Å². The zero-order valence-electron chi connectivity index (χ0n) is 13.1. The number of rotatable bonds is 3. The highest BCUT2D eigenvalue weighted by Gasteiger charge is 2.55. The molecule has 2 atom stereocenters. The Balaban J connectivity index is 2.14. The van der Waals surface area contributed by atoms with Crippen molar-refractivity contribution < 1.29 is 19.5 Å². The van der Waals surface area contributed by atoms with Gasteiger partial charge in [0.25, 0.3) is 5.69 Å². The molecular formula is C15H20N2O5. The minimum Gasteiger partial charge on any atom is -0.634 e. The summed E-state index contributed by atoms with van der Waals surface area (Å²) >= 11 is 0. The molecule has 2 unspecified atom stereocenters. The van der Waals surface area contributed by atoms with Gasteiger partial charge in [-0.15, -0.1) is 0 Å². The molecule has 1 N–H and O–H groups in total. The summed E-state index contributed by atoms with van der Waals surface area (Å²) in [6.07, 6.45) is 0.435. The quantitative estimate of drug-likeness (QED) is 0.300. The number of hydrogen-bond donors (Lipinski definition) is 1. The zero-order valence-corrected chi connectivity index (χ0v) is 13.1. The molecule has 0 bridgehead atoms. The van der Waals surface area contributed by atoms with Crippen LogP contribution in [-0.4, -0.2) is 22.0 Å². The Morgan fingerprint density at radius 2 is 1.82 bits per heavy atom. The molecule has 7 nitrogen and oxygen atoms in total. The Morgan fingerprint density at radius 3 is 2.23 bits per heavy atom. The molecule has 1 aromatic carbocycles. The van der Waals surface area contributed by atoms with Crippen LogP contribution < -0.4 is 9.80 Å². The van der Waals surface area contributed by atoms with E-state index in [1.54, 1.807) is 13.8 Å². The van der Waals surface area contributed by atoms with E-state index in [9.17, 15) is 20.1 Å². The molecule has 0 spiro atoms. The number of nitrogens with zero attached hydrogens (tertiary/aromatic N) is 1. The highest BCUT2D eigenvalue weighted by Crippen LogP contribution is 2.32. The smallest absolute Gasteiger partial charge is 0.320 e. The van der Waals surface area contributed by atoms with Crippen molar-refractivity contribution in [3.8, 4) is 5.75 Å². The lowest BCUT2D eigenvalue weighted by Gasteiger charge is -2.41. The van der Waals surface area contributed by atoms with Crippen LogP contribution in [0.2, 0.25) is 0 Å². The van der Waals surface area contributed by atoms with E-state index < -0.39 is 27.9 Å². The number of carbonyl (C=O) groups excluding carboxylic acids is 1. The molecule has 7 heteroatoms. The Labute approximate surface area is 128 Å². The number of quaternary nitrogens is 1. The largest absolute Gasteiger partial charge is 0.634 e. The Kier molecular flexibility index (Phi) is 3.97. The van der Waals surface area contributed by atoms with Gasteiger partial charge in [-0.25, -0.2) is 0 Å². The molecule has 0 aromatic heterocycles. The summed E-state index contributed by atoms with van der Waals surface area (Å²) < 4.78 is 5.30. The number of nitro groups is 1. The number of ether oxygens (including phenoxy) is 1. The molecule has 0 amide bonds. The molecule has 2 rings (SSSR count). The maximum absolute atomic E-state index is 12.4. The third-order valence-electron chi connectivity index (χ3n) is 4.34. The monoisotopic (exact) mass is 308 g/mol. The lowest BCUT2D eigenvalue weighted by atomic mass is 9.87. The van der Waals surface area contributed by atoms with Crippen LogP contribution in [0, 0.1) is 21.2 Å². The minimum atomic E-state index is -0.776. The van der Waals surface area contributed by atoms with Gasteiger partial charge < -0.3 is 15.0 Å². The fourth-order valence-electron chi connectivity index (χ4n) is 3.09. The second-order valence-electron chi connectivity index (χ2n) is 6.86. The number of esters is 1. The number of hydroxylamine groups is 2. The van der Waals surface area contributed by atoms with Gasteiger partial charge in [0, 0.05) is 18.6 Å². The van der Waals surface area contributed by atoms with E-state index in [2.05, 4.69) is 0 Å². The Morgan fingerprint density at radius 1 is 1.27 bits per heavy atom. The fourth-order valence-corrected chi connectivity index (χ4v) is 3.09. The van der Waals surface area contributed by atoms with Crippen LogP contribution in [0.25, 0.3) is 0 Å². The number of nitro benzene ring substituents is 1.